The molecule has 0 spiro atoms. The molecule has 2 aromatic carbocycles. The molecule has 29 heavy (non-hydrogen) atoms. The first-order valence-electron chi connectivity index (χ1n) is 9.39. The zero-order chi connectivity index (χ0) is 20.8. The summed E-state index contributed by atoms with van der Waals surface area (Å²) in [7, 11) is 0. The molecule has 1 aliphatic rings. The molecule has 1 atom stereocenters. The predicted molar refractivity (Wildman–Crippen MR) is 110 cm³/mol. The molecule has 154 valence electrons. The van der Waals surface area contributed by atoms with E-state index in [1.165, 1.54) is 12.1 Å². The average Bonchev–Trinajstić information content (AvgIpc) is 2.69. The second-order valence-corrected chi connectivity index (χ2v) is 7.31. The summed E-state index contributed by atoms with van der Waals surface area (Å²) in [5.74, 6) is -0.119. The Labute approximate surface area is 174 Å². The van der Waals surface area contributed by atoms with Crippen LogP contribution in [0.3, 0.4) is 0 Å². The molecule has 3 rings (SSSR count). The Kier molecular flexibility index (Phi) is 7.06. The molecular formula is C21H23ClFN3O3. The number of halogens is 2. The van der Waals surface area contributed by atoms with Crippen LogP contribution in [0.1, 0.15) is 6.92 Å². The van der Waals surface area contributed by atoms with Crippen LogP contribution >= 0.6 is 11.6 Å². The molecule has 0 radical (unpaired) electrons. The van der Waals surface area contributed by atoms with E-state index in [1.807, 2.05) is 4.90 Å². The number of amides is 2. The van der Waals surface area contributed by atoms with Crippen molar-refractivity contribution in [3.63, 3.8) is 0 Å². The summed E-state index contributed by atoms with van der Waals surface area (Å²) in [6.07, 6.45) is -0.612. The minimum Gasteiger partial charge on any atom is -0.481 e. The number of carbonyl (C=O) groups excluding carboxylic acids is 2. The summed E-state index contributed by atoms with van der Waals surface area (Å²) in [6, 6.07) is 12.6. The van der Waals surface area contributed by atoms with Gasteiger partial charge in [0.1, 0.15) is 11.6 Å². The van der Waals surface area contributed by atoms with Gasteiger partial charge in [-0.1, -0.05) is 17.7 Å². The molecule has 2 amide bonds. The van der Waals surface area contributed by atoms with E-state index in [0.717, 1.165) is 0 Å². The van der Waals surface area contributed by atoms with E-state index in [-0.39, 0.29) is 18.4 Å². The van der Waals surface area contributed by atoms with Crippen LogP contribution in [-0.4, -0.2) is 60.4 Å². The summed E-state index contributed by atoms with van der Waals surface area (Å²) in [6.45, 7) is 4.10. The number of nitrogens with one attached hydrogen (secondary N) is 1. The molecule has 0 unspecified atom stereocenters. The molecule has 0 bridgehead atoms. The van der Waals surface area contributed by atoms with E-state index in [2.05, 4.69) is 5.32 Å². The van der Waals surface area contributed by atoms with Crippen LogP contribution < -0.4 is 10.1 Å². The number of benzene rings is 2. The highest BCUT2D eigenvalue weighted by Crippen LogP contribution is 2.18. The van der Waals surface area contributed by atoms with Gasteiger partial charge in [0, 0.05) is 36.9 Å². The molecule has 0 aliphatic carbocycles. The van der Waals surface area contributed by atoms with Gasteiger partial charge in [0.15, 0.2) is 6.10 Å². The topological polar surface area (TPSA) is 61.9 Å². The average molecular weight is 420 g/mol. The highest BCUT2D eigenvalue weighted by molar-refractivity contribution is 6.30. The first-order valence-corrected chi connectivity index (χ1v) is 9.77. The molecule has 1 aliphatic heterocycles. The fourth-order valence-electron chi connectivity index (χ4n) is 3.12. The van der Waals surface area contributed by atoms with Gasteiger partial charge in [-0.05, 0) is 49.4 Å². The number of ether oxygens (including phenoxy) is 1. The van der Waals surface area contributed by atoms with E-state index in [1.54, 1.807) is 48.2 Å². The number of piperazine rings is 1. The third-order valence-corrected chi connectivity index (χ3v) is 4.89. The number of hydrogen-bond donors (Lipinski definition) is 1. The van der Waals surface area contributed by atoms with Crippen molar-refractivity contribution in [2.45, 2.75) is 13.0 Å². The molecule has 2 aromatic rings. The van der Waals surface area contributed by atoms with Crippen LogP contribution in [0.4, 0.5) is 10.1 Å². The standard InChI is InChI=1S/C21H23ClFN3O3/c1-15(29-19-7-5-16(22)6-8-19)21(28)26-11-9-25(10-12-26)14-20(27)24-18-4-2-3-17(23)13-18/h2-8,13,15H,9-12,14H2,1H3,(H,24,27)/t15-/m0/s1. The van der Waals surface area contributed by atoms with Crippen molar-refractivity contribution < 1.29 is 18.7 Å². The molecule has 1 saturated heterocycles. The second kappa shape index (κ2) is 9.71. The zero-order valence-electron chi connectivity index (χ0n) is 16.1. The van der Waals surface area contributed by atoms with Crippen LogP contribution in [-0.2, 0) is 9.59 Å². The maximum absolute atomic E-state index is 13.2. The first kappa shape index (κ1) is 21.1. The van der Waals surface area contributed by atoms with Crippen molar-refractivity contribution in [1.82, 2.24) is 9.80 Å². The van der Waals surface area contributed by atoms with Gasteiger partial charge in [0.25, 0.3) is 5.91 Å². The third-order valence-electron chi connectivity index (χ3n) is 4.63. The summed E-state index contributed by atoms with van der Waals surface area (Å²) in [5.41, 5.74) is 0.428. The lowest BCUT2D eigenvalue weighted by Crippen LogP contribution is -2.53. The minimum atomic E-state index is -0.612. The van der Waals surface area contributed by atoms with Crippen molar-refractivity contribution in [1.29, 1.82) is 0 Å². The van der Waals surface area contributed by atoms with Gasteiger partial charge in [-0.15, -0.1) is 0 Å². The number of rotatable bonds is 6. The fourth-order valence-corrected chi connectivity index (χ4v) is 3.25. The molecule has 0 aromatic heterocycles. The predicted octanol–water partition coefficient (Wildman–Crippen LogP) is 3.03. The molecule has 1 N–H and O–H groups in total. The second-order valence-electron chi connectivity index (χ2n) is 6.87. The van der Waals surface area contributed by atoms with Crippen molar-refractivity contribution in [2.75, 3.05) is 38.0 Å². The van der Waals surface area contributed by atoms with Gasteiger partial charge in [0.2, 0.25) is 5.91 Å². The van der Waals surface area contributed by atoms with Crippen LogP contribution in [0.25, 0.3) is 0 Å². The normalized spacial score (nSPS) is 15.6. The van der Waals surface area contributed by atoms with E-state index < -0.39 is 11.9 Å². The highest BCUT2D eigenvalue weighted by Gasteiger charge is 2.26. The lowest BCUT2D eigenvalue weighted by Gasteiger charge is -2.35. The quantitative estimate of drug-likeness (QED) is 0.781. The van der Waals surface area contributed by atoms with Crippen molar-refractivity contribution >= 4 is 29.1 Å². The SMILES string of the molecule is C[C@H](Oc1ccc(Cl)cc1)C(=O)N1CCN(CC(=O)Nc2cccc(F)c2)CC1. The van der Waals surface area contributed by atoms with Gasteiger partial charge < -0.3 is 15.0 Å². The highest BCUT2D eigenvalue weighted by atomic mass is 35.5. The Bertz CT molecular complexity index is 855. The third kappa shape index (κ3) is 6.17. The molecule has 8 heteroatoms. The van der Waals surface area contributed by atoms with E-state index in [0.29, 0.717) is 42.6 Å². The number of hydrogen-bond acceptors (Lipinski definition) is 4. The van der Waals surface area contributed by atoms with Crippen LogP contribution in [0.2, 0.25) is 5.02 Å². The minimum absolute atomic E-state index is 0.0937. The first-order chi connectivity index (χ1) is 13.9. The number of anilines is 1. The Hall–Kier alpha value is -2.64. The van der Waals surface area contributed by atoms with Gasteiger partial charge in [-0.25, -0.2) is 4.39 Å². The Balaban J connectivity index is 1.43. The van der Waals surface area contributed by atoms with E-state index >= 15 is 0 Å². The van der Waals surface area contributed by atoms with Crippen molar-refractivity contribution in [3.8, 4) is 5.75 Å². The Morgan fingerprint density at radius 2 is 1.83 bits per heavy atom. The lowest BCUT2D eigenvalue weighted by atomic mass is 10.2. The summed E-state index contributed by atoms with van der Waals surface area (Å²) in [4.78, 5) is 28.5. The van der Waals surface area contributed by atoms with Crippen LogP contribution in [0.5, 0.6) is 5.75 Å². The zero-order valence-corrected chi connectivity index (χ0v) is 16.9. The monoisotopic (exact) mass is 419 g/mol. The van der Waals surface area contributed by atoms with Crippen molar-refractivity contribution in [2.24, 2.45) is 0 Å². The number of carbonyl (C=O) groups is 2. The number of nitrogens with zero attached hydrogens (tertiary/aromatic N) is 2. The maximum atomic E-state index is 13.2. The molecule has 1 heterocycles. The fraction of sp³-hybridized carbons (Fsp3) is 0.333. The van der Waals surface area contributed by atoms with Gasteiger partial charge >= 0.3 is 0 Å². The lowest BCUT2D eigenvalue weighted by molar-refractivity contribution is -0.139. The van der Waals surface area contributed by atoms with Crippen LogP contribution in [0, 0.1) is 5.82 Å². The van der Waals surface area contributed by atoms with E-state index in [4.69, 9.17) is 16.3 Å². The molecule has 6 nitrogen and oxygen atoms in total. The van der Waals surface area contributed by atoms with Crippen molar-refractivity contribution in [3.05, 3.63) is 59.4 Å². The van der Waals surface area contributed by atoms with E-state index in [9.17, 15) is 14.0 Å². The van der Waals surface area contributed by atoms with Gasteiger partial charge in [-0.2, -0.15) is 0 Å². The Morgan fingerprint density at radius 3 is 2.48 bits per heavy atom. The smallest absolute Gasteiger partial charge is 0.263 e. The summed E-state index contributed by atoms with van der Waals surface area (Å²) in [5, 5.41) is 3.29. The summed E-state index contributed by atoms with van der Waals surface area (Å²) >= 11 is 5.85. The molecule has 0 saturated carbocycles. The molecular weight excluding hydrogens is 397 g/mol. The molecule has 1 fully saturated rings. The van der Waals surface area contributed by atoms with Gasteiger partial charge in [0.05, 0.1) is 6.54 Å². The maximum Gasteiger partial charge on any atom is 0.263 e. The largest absolute Gasteiger partial charge is 0.481 e. The summed E-state index contributed by atoms with van der Waals surface area (Å²) < 4.78 is 18.9. The Morgan fingerprint density at radius 1 is 1.14 bits per heavy atom. The van der Waals surface area contributed by atoms with Gasteiger partial charge in [-0.3, -0.25) is 14.5 Å². The van der Waals surface area contributed by atoms with Crippen LogP contribution in [0.15, 0.2) is 48.5 Å².